The van der Waals surface area contributed by atoms with E-state index in [-0.39, 0.29) is 5.78 Å². The molecule has 0 aliphatic carbocycles. The molecule has 0 aliphatic rings. The van der Waals surface area contributed by atoms with Crippen molar-refractivity contribution in [2.45, 2.75) is 13.3 Å². The van der Waals surface area contributed by atoms with E-state index >= 15 is 0 Å². The molecule has 3 heteroatoms. The number of furan rings is 1. The second-order valence-corrected chi connectivity index (χ2v) is 4.10. The molecule has 2 rings (SSSR count). The highest BCUT2D eigenvalue weighted by Gasteiger charge is 2.09. The Labute approximate surface area is 98.8 Å². The maximum absolute atomic E-state index is 11.9. The first-order valence-corrected chi connectivity index (χ1v) is 5.35. The molecule has 2 nitrogen and oxygen atoms in total. The van der Waals surface area contributed by atoms with Gasteiger partial charge in [-0.1, -0.05) is 23.7 Å². The minimum atomic E-state index is 0.0447. The molecule has 0 N–H and O–H groups in total. The fourth-order valence-electron chi connectivity index (χ4n) is 1.45. The summed E-state index contributed by atoms with van der Waals surface area (Å²) >= 11 is 5.97. The number of Topliss-reactive ketones (excluding diaryl/α,β-unsaturated/α-hetero) is 1. The van der Waals surface area contributed by atoms with Crippen molar-refractivity contribution in [3.8, 4) is 0 Å². The van der Waals surface area contributed by atoms with Crippen molar-refractivity contribution in [1.82, 2.24) is 0 Å². The summed E-state index contributed by atoms with van der Waals surface area (Å²) in [7, 11) is 0. The zero-order valence-corrected chi connectivity index (χ0v) is 9.62. The van der Waals surface area contributed by atoms with Gasteiger partial charge in [0.05, 0.1) is 12.5 Å². The molecule has 0 bridgehead atoms. The molecule has 0 saturated heterocycles. The Morgan fingerprint density at radius 2 is 2.19 bits per heavy atom. The molecule has 1 heterocycles. The van der Waals surface area contributed by atoms with Crippen LogP contribution in [0.15, 0.2) is 41.2 Å². The maximum Gasteiger partial charge on any atom is 0.167 e. The van der Waals surface area contributed by atoms with Gasteiger partial charge in [0, 0.05) is 17.0 Å². The highest BCUT2D eigenvalue weighted by molar-refractivity contribution is 6.31. The lowest BCUT2D eigenvalue weighted by molar-refractivity contribution is 0.0993. The van der Waals surface area contributed by atoms with Gasteiger partial charge in [-0.25, -0.2) is 0 Å². The third-order valence-corrected chi connectivity index (χ3v) is 2.85. The van der Waals surface area contributed by atoms with E-state index in [4.69, 9.17) is 16.0 Å². The Bertz CT molecular complexity index is 501. The quantitative estimate of drug-likeness (QED) is 0.759. The maximum atomic E-state index is 11.9. The van der Waals surface area contributed by atoms with Crippen LogP contribution in [0, 0.1) is 6.92 Å². The van der Waals surface area contributed by atoms with Crippen molar-refractivity contribution < 1.29 is 9.21 Å². The Kier molecular flexibility index (Phi) is 3.11. The molecule has 2 aromatic rings. The smallest absolute Gasteiger partial charge is 0.167 e. The number of carbonyl (C=O) groups excluding carboxylic acids is 1. The number of hydrogen-bond acceptors (Lipinski definition) is 2. The molecule has 82 valence electrons. The van der Waals surface area contributed by atoms with Gasteiger partial charge in [-0.2, -0.15) is 0 Å². The van der Waals surface area contributed by atoms with E-state index in [9.17, 15) is 4.79 Å². The minimum Gasteiger partial charge on any atom is -0.472 e. The highest BCUT2D eigenvalue weighted by atomic mass is 35.5. The number of aryl methyl sites for hydroxylation is 1. The molecule has 0 saturated carbocycles. The zero-order valence-electron chi connectivity index (χ0n) is 8.87. The van der Waals surface area contributed by atoms with Crippen molar-refractivity contribution in [2.24, 2.45) is 0 Å². The Morgan fingerprint density at radius 1 is 1.38 bits per heavy atom. The van der Waals surface area contributed by atoms with E-state index < -0.39 is 0 Å². The third-order valence-electron chi connectivity index (χ3n) is 2.44. The Morgan fingerprint density at radius 3 is 2.81 bits per heavy atom. The molecule has 0 amide bonds. The first kappa shape index (κ1) is 11.0. The first-order chi connectivity index (χ1) is 7.66. The van der Waals surface area contributed by atoms with Crippen molar-refractivity contribution in [1.29, 1.82) is 0 Å². The number of benzene rings is 1. The standard InChI is InChI=1S/C13H11ClO2/c1-9-2-3-11(7-12(9)14)13(15)6-10-4-5-16-8-10/h2-5,7-8H,6H2,1H3. The van der Waals surface area contributed by atoms with Gasteiger partial charge < -0.3 is 4.42 Å². The molecule has 0 unspecified atom stereocenters. The second kappa shape index (κ2) is 4.54. The fraction of sp³-hybridized carbons (Fsp3) is 0.154. The van der Waals surface area contributed by atoms with Crippen LogP contribution in [-0.2, 0) is 6.42 Å². The summed E-state index contributed by atoms with van der Waals surface area (Å²) in [5, 5.41) is 0.623. The van der Waals surface area contributed by atoms with E-state index in [0.29, 0.717) is 17.0 Å². The van der Waals surface area contributed by atoms with Crippen molar-refractivity contribution in [2.75, 3.05) is 0 Å². The van der Waals surface area contributed by atoms with Gasteiger partial charge in [-0.15, -0.1) is 0 Å². The average molecular weight is 235 g/mol. The second-order valence-electron chi connectivity index (χ2n) is 3.70. The van der Waals surface area contributed by atoms with Gasteiger partial charge in [0.1, 0.15) is 0 Å². The average Bonchev–Trinajstić information content (AvgIpc) is 2.74. The summed E-state index contributed by atoms with van der Waals surface area (Å²) in [6, 6.07) is 7.14. The number of rotatable bonds is 3. The number of carbonyl (C=O) groups is 1. The van der Waals surface area contributed by atoms with Crippen LogP contribution in [0.2, 0.25) is 5.02 Å². The lowest BCUT2D eigenvalue weighted by Crippen LogP contribution is -2.02. The van der Waals surface area contributed by atoms with Gasteiger partial charge in [-0.3, -0.25) is 4.79 Å². The fourth-order valence-corrected chi connectivity index (χ4v) is 1.63. The molecule has 1 aromatic heterocycles. The predicted octanol–water partition coefficient (Wildman–Crippen LogP) is 3.67. The molecule has 0 aliphatic heterocycles. The molecule has 16 heavy (non-hydrogen) atoms. The molecule has 0 atom stereocenters. The summed E-state index contributed by atoms with van der Waals surface area (Å²) in [6.45, 7) is 1.91. The zero-order chi connectivity index (χ0) is 11.5. The van der Waals surface area contributed by atoms with Crippen LogP contribution in [0.5, 0.6) is 0 Å². The van der Waals surface area contributed by atoms with E-state index in [1.165, 1.54) is 0 Å². The number of halogens is 1. The van der Waals surface area contributed by atoms with Gasteiger partial charge in [-0.05, 0) is 30.2 Å². The van der Waals surface area contributed by atoms with E-state index in [1.54, 1.807) is 30.7 Å². The molecular weight excluding hydrogens is 224 g/mol. The monoisotopic (exact) mass is 234 g/mol. The third kappa shape index (κ3) is 2.34. The van der Waals surface area contributed by atoms with E-state index in [2.05, 4.69) is 0 Å². The topological polar surface area (TPSA) is 30.2 Å². The lowest BCUT2D eigenvalue weighted by Gasteiger charge is -2.02. The Hall–Kier alpha value is -1.54. The van der Waals surface area contributed by atoms with Crippen molar-refractivity contribution >= 4 is 17.4 Å². The highest BCUT2D eigenvalue weighted by Crippen LogP contribution is 2.18. The molecule has 1 aromatic carbocycles. The number of ketones is 1. The molecule has 0 spiro atoms. The summed E-state index contributed by atoms with van der Waals surface area (Å²) < 4.78 is 4.92. The first-order valence-electron chi connectivity index (χ1n) is 4.97. The van der Waals surface area contributed by atoms with Crippen LogP contribution < -0.4 is 0 Å². The lowest BCUT2D eigenvalue weighted by atomic mass is 10.0. The summed E-state index contributed by atoms with van der Waals surface area (Å²) in [4.78, 5) is 11.9. The van der Waals surface area contributed by atoms with Crippen LogP contribution >= 0.6 is 11.6 Å². The largest absolute Gasteiger partial charge is 0.472 e. The van der Waals surface area contributed by atoms with Gasteiger partial charge in [0.2, 0.25) is 0 Å². The van der Waals surface area contributed by atoms with E-state index in [1.807, 2.05) is 13.0 Å². The predicted molar refractivity (Wildman–Crippen MR) is 62.9 cm³/mol. The molecular formula is C13H11ClO2. The van der Waals surface area contributed by atoms with Crippen molar-refractivity contribution in [3.05, 3.63) is 58.5 Å². The molecule has 0 fully saturated rings. The van der Waals surface area contributed by atoms with Crippen LogP contribution in [0.4, 0.5) is 0 Å². The van der Waals surface area contributed by atoms with E-state index in [0.717, 1.165) is 11.1 Å². The van der Waals surface area contributed by atoms with Crippen LogP contribution in [0.1, 0.15) is 21.5 Å². The summed E-state index contributed by atoms with van der Waals surface area (Å²) in [6.07, 6.45) is 3.48. The van der Waals surface area contributed by atoms with Crippen LogP contribution in [0.25, 0.3) is 0 Å². The van der Waals surface area contributed by atoms with Crippen molar-refractivity contribution in [3.63, 3.8) is 0 Å². The van der Waals surface area contributed by atoms with Crippen LogP contribution in [-0.4, -0.2) is 5.78 Å². The Balaban J connectivity index is 2.18. The van der Waals surface area contributed by atoms with Gasteiger partial charge in [0.15, 0.2) is 5.78 Å². The van der Waals surface area contributed by atoms with Gasteiger partial charge in [0.25, 0.3) is 0 Å². The summed E-state index contributed by atoms with van der Waals surface area (Å²) in [5.74, 6) is 0.0447. The van der Waals surface area contributed by atoms with Crippen LogP contribution in [0.3, 0.4) is 0 Å². The van der Waals surface area contributed by atoms with Gasteiger partial charge >= 0.3 is 0 Å². The number of hydrogen-bond donors (Lipinski definition) is 0. The minimum absolute atomic E-state index is 0.0447. The SMILES string of the molecule is Cc1ccc(C(=O)Cc2ccoc2)cc1Cl. The summed E-state index contributed by atoms with van der Waals surface area (Å²) in [5.41, 5.74) is 2.49. The normalized spacial score (nSPS) is 10.4. The molecule has 0 radical (unpaired) electrons.